The maximum atomic E-state index is 12.0. The first kappa shape index (κ1) is 16.5. The highest BCUT2D eigenvalue weighted by molar-refractivity contribution is 7.13. The SMILES string of the molecule is C=CCn1c(C)c(C(N)=O)c(-c2nccs2)c1CCCCC. The summed E-state index contributed by atoms with van der Waals surface area (Å²) in [6, 6.07) is 0. The Bertz CT molecular complexity index is 656. The quantitative estimate of drug-likeness (QED) is 0.592. The normalized spacial score (nSPS) is 10.8. The molecule has 118 valence electrons. The van der Waals surface area contributed by atoms with Crippen LogP contribution < -0.4 is 5.73 Å². The fourth-order valence-electron chi connectivity index (χ4n) is 2.85. The Balaban J connectivity index is 2.62. The summed E-state index contributed by atoms with van der Waals surface area (Å²) < 4.78 is 2.15. The van der Waals surface area contributed by atoms with Gasteiger partial charge in [-0.2, -0.15) is 0 Å². The number of hydrogen-bond acceptors (Lipinski definition) is 3. The van der Waals surface area contributed by atoms with E-state index in [2.05, 4.69) is 23.1 Å². The van der Waals surface area contributed by atoms with Gasteiger partial charge in [-0.1, -0.05) is 25.8 Å². The van der Waals surface area contributed by atoms with Crippen molar-refractivity contribution in [2.45, 2.75) is 46.1 Å². The third-order valence-corrected chi connectivity index (χ3v) is 4.64. The van der Waals surface area contributed by atoms with Crippen molar-refractivity contribution in [3.05, 3.63) is 41.2 Å². The Morgan fingerprint density at radius 1 is 1.50 bits per heavy atom. The maximum Gasteiger partial charge on any atom is 0.251 e. The molecule has 5 heteroatoms. The number of thiazole rings is 1. The standard InChI is InChI=1S/C17H23N3OS/c1-4-6-7-8-13-15(17-19-9-11-22-17)14(16(18)21)12(3)20(13)10-5-2/h5,9,11H,2,4,6-8,10H2,1,3H3,(H2,18,21). The molecular formula is C17H23N3OS. The van der Waals surface area contributed by atoms with Crippen LogP contribution in [0.3, 0.4) is 0 Å². The van der Waals surface area contributed by atoms with Gasteiger partial charge in [0.15, 0.2) is 0 Å². The van der Waals surface area contributed by atoms with Gasteiger partial charge in [0.2, 0.25) is 0 Å². The van der Waals surface area contributed by atoms with Crippen LogP contribution in [0.25, 0.3) is 10.6 Å². The van der Waals surface area contributed by atoms with Crippen LogP contribution in [-0.4, -0.2) is 15.5 Å². The number of rotatable bonds is 8. The summed E-state index contributed by atoms with van der Waals surface area (Å²) in [4.78, 5) is 16.4. The molecule has 22 heavy (non-hydrogen) atoms. The van der Waals surface area contributed by atoms with Gasteiger partial charge in [0.1, 0.15) is 5.01 Å². The molecule has 0 radical (unpaired) electrons. The van der Waals surface area contributed by atoms with Gasteiger partial charge in [-0.3, -0.25) is 4.79 Å². The van der Waals surface area contributed by atoms with Gasteiger partial charge in [0.25, 0.3) is 5.91 Å². The second-order valence-corrected chi connectivity index (χ2v) is 6.23. The van der Waals surface area contributed by atoms with Gasteiger partial charge in [-0.15, -0.1) is 17.9 Å². The largest absolute Gasteiger partial charge is 0.366 e. The summed E-state index contributed by atoms with van der Waals surface area (Å²) in [6.45, 7) is 8.64. The molecule has 4 nitrogen and oxygen atoms in total. The fraction of sp³-hybridized carbons (Fsp3) is 0.412. The van der Waals surface area contributed by atoms with Crippen LogP contribution in [-0.2, 0) is 13.0 Å². The van der Waals surface area contributed by atoms with Crippen molar-refractivity contribution in [2.75, 3.05) is 0 Å². The van der Waals surface area contributed by atoms with E-state index in [1.54, 1.807) is 17.5 Å². The molecule has 0 aliphatic heterocycles. The van der Waals surface area contributed by atoms with Crippen molar-refractivity contribution in [1.29, 1.82) is 0 Å². The van der Waals surface area contributed by atoms with Crippen LogP contribution in [0.4, 0.5) is 0 Å². The lowest BCUT2D eigenvalue weighted by molar-refractivity contribution is 0.1000. The number of hydrogen-bond donors (Lipinski definition) is 1. The van der Waals surface area contributed by atoms with Gasteiger partial charge in [0.05, 0.1) is 5.56 Å². The first-order valence-corrected chi connectivity index (χ1v) is 8.52. The van der Waals surface area contributed by atoms with Crippen molar-refractivity contribution in [1.82, 2.24) is 9.55 Å². The Hall–Kier alpha value is -1.88. The van der Waals surface area contributed by atoms with Crippen LogP contribution in [0.5, 0.6) is 0 Å². The Morgan fingerprint density at radius 3 is 2.82 bits per heavy atom. The number of nitrogens with two attached hydrogens (primary N) is 1. The highest BCUT2D eigenvalue weighted by Crippen LogP contribution is 2.35. The Kier molecular flexibility index (Phi) is 5.55. The second kappa shape index (κ2) is 7.40. The number of amides is 1. The van der Waals surface area contributed by atoms with Gasteiger partial charge in [-0.05, 0) is 19.8 Å². The van der Waals surface area contributed by atoms with Crippen molar-refractivity contribution < 1.29 is 4.79 Å². The molecule has 0 spiro atoms. The molecular weight excluding hydrogens is 294 g/mol. The van der Waals surface area contributed by atoms with Crippen LogP contribution in [0.1, 0.15) is 47.9 Å². The smallest absolute Gasteiger partial charge is 0.251 e. The Labute approximate surface area is 135 Å². The predicted molar refractivity (Wildman–Crippen MR) is 92.2 cm³/mol. The van der Waals surface area contributed by atoms with Crippen LogP contribution in [0.2, 0.25) is 0 Å². The molecule has 0 saturated carbocycles. The van der Waals surface area contributed by atoms with Crippen LogP contribution in [0.15, 0.2) is 24.2 Å². The van der Waals surface area contributed by atoms with Crippen LogP contribution in [0, 0.1) is 6.92 Å². The molecule has 0 aromatic carbocycles. The van der Waals surface area contributed by atoms with E-state index < -0.39 is 0 Å². The van der Waals surface area contributed by atoms with E-state index in [0.717, 1.165) is 41.2 Å². The van der Waals surface area contributed by atoms with Gasteiger partial charge < -0.3 is 10.3 Å². The number of carbonyl (C=O) groups excluding carboxylic acids is 1. The van der Waals surface area contributed by atoms with E-state index in [1.165, 1.54) is 6.42 Å². The van der Waals surface area contributed by atoms with Gasteiger partial charge >= 0.3 is 0 Å². The molecule has 0 saturated heterocycles. The number of allylic oxidation sites excluding steroid dienone is 1. The maximum absolute atomic E-state index is 12.0. The summed E-state index contributed by atoms with van der Waals surface area (Å²) in [5, 5.41) is 2.79. The van der Waals surface area contributed by atoms with Crippen molar-refractivity contribution in [3.8, 4) is 10.6 Å². The van der Waals surface area contributed by atoms with E-state index in [9.17, 15) is 4.79 Å². The molecule has 2 aromatic heterocycles. The van der Waals surface area contributed by atoms with Crippen LogP contribution >= 0.6 is 11.3 Å². The monoisotopic (exact) mass is 317 g/mol. The molecule has 2 N–H and O–H groups in total. The molecule has 0 atom stereocenters. The summed E-state index contributed by atoms with van der Waals surface area (Å²) in [5.41, 5.74) is 9.22. The molecule has 1 amide bonds. The van der Waals surface area contributed by atoms with E-state index in [0.29, 0.717) is 12.1 Å². The fourth-order valence-corrected chi connectivity index (χ4v) is 3.57. The molecule has 2 aromatic rings. The van der Waals surface area contributed by atoms with E-state index >= 15 is 0 Å². The lowest BCUT2D eigenvalue weighted by Crippen LogP contribution is -2.13. The van der Waals surface area contributed by atoms with Gasteiger partial charge in [0, 0.05) is 35.1 Å². The summed E-state index contributed by atoms with van der Waals surface area (Å²) in [5.74, 6) is -0.387. The number of carbonyl (C=O) groups is 1. The summed E-state index contributed by atoms with van der Waals surface area (Å²) in [7, 11) is 0. The lowest BCUT2D eigenvalue weighted by atomic mass is 10.0. The number of unbranched alkanes of at least 4 members (excludes halogenated alkanes) is 2. The van der Waals surface area contributed by atoms with Crippen molar-refractivity contribution >= 4 is 17.2 Å². The first-order valence-electron chi connectivity index (χ1n) is 7.64. The van der Waals surface area contributed by atoms with Crippen molar-refractivity contribution in [2.24, 2.45) is 5.73 Å². The minimum Gasteiger partial charge on any atom is -0.366 e. The predicted octanol–water partition coefficient (Wildman–Crippen LogP) is 3.94. The molecule has 0 bridgehead atoms. The zero-order chi connectivity index (χ0) is 16.1. The Morgan fingerprint density at radius 2 is 2.27 bits per heavy atom. The average molecular weight is 317 g/mol. The third-order valence-electron chi connectivity index (χ3n) is 3.85. The molecule has 0 fully saturated rings. The van der Waals surface area contributed by atoms with E-state index in [1.807, 2.05) is 18.4 Å². The molecule has 0 unspecified atom stereocenters. The number of aromatic nitrogens is 2. The number of primary amides is 1. The van der Waals surface area contributed by atoms with Gasteiger partial charge in [-0.25, -0.2) is 4.98 Å². The molecule has 0 aliphatic rings. The third kappa shape index (κ3) is 3.14. The summed E-state index contributed by atoms with van der Waals surface area (Å²) >= 11 is 1.54. The van der Waals surface area contributed by atoms with E-state index in [4.69, 9.17) is 5.73 Å². The highest BCUT2D eigenvalue weighted by atomic mass is 32.1. The van der Waals surface area contributed by atoms with E-state index in [-0.39, 0.29) is 5.91 Å². The minimum absolute atomic E-state index is 0.387. The highest BCUT2D eigenvalue weighted by Gasteiger charge is 2.25. The average Bonchev–Trinajstić information content (AvgIpc) is 3.08. The summed E-state index contributed by atoms with van der Waals surface area (Å²) in [6.07, 6.45) is 7.96. The molecule has 2 rings (SSSR count). The molecule has 0 aliphatic carbocycles. The second-order valence-electron chi connectivity index (χ2n) is 5.34. The molecule has 2 heterocycles. The number of nitrogens with zero attached hydrogens (tertiary/aromatic N) is 2. The minimum atomic E-state index is -0.387. The first-order chi connectivity index (χ1) is 10.6. The topological polar surface area (TPSA) is 60.9 Å². The zero-order valence-corrected chi connectivity index (χ0v) is 14.1. The van der Waals surface area contributed by atoms with Crippen molar-refractivity contribution in [3.63, 3.8) is 0 Å². The lowest BCUT2D eigenvalue weighted by Gasteiger charge is -2.10. The zero-order valence-electron chi connectivity index (χ0n) is 13.3.